The van der Waals surface area contributed by atoms with Crippen molar-refractivity contribution in [2.45, 2.75) is 19.8 Å². The molecule has 1 aromatic rings. The third-order valence-electron chi connectivity index (χ3n) is 3.82. The summed E-state index contributed by atoms with van der Waals surface area (Å²) in [6, 6.07) is 5.52. The van der Waals surface area contributed by atoms with Crippen molar-refractivity contribution in [1.82, 2.24) is 10.2 Å². The van der Waals surface area contributed by atoms with E-state index in [9.17, 15) is 4.79 Å². The molecular formula is C17H27IN4O3. The van der Waals surface area contributed by atoms with Crippen LogP contribution >= 0.6 is 24.0 Å². The van der Waals surface area contributed by atoms with Gasteiger partial charge in [-0.3, -0.25) is 4.79 Å². The van der Waals surface area contributed by atoms with E-state index in [2.05, 4.69) is 15.6 Å². The molecule has 140 valence electrons. The fourth-order valence-corrected chi connectivity index (χ4v) is 2.57. The van der Waals surface area contributed by atoms with E-state index >= 15 is 0 Å². The Labute approximate surface area is 166 Å². The lowest BCUT2D eigenvalue weighted by Crippen LogP contribution is -2.34. The first kappa shape index (κ1) is 21.3. The molecular weight excluding hydrogens is 435 g/mol. The number of halogens is 1. The molecule has 0 bridgehead atoms. The van der Waals surface area contributed by atoms with Gasteiger partial charge in [-0.25, -0.2) is 4.99 Å². The van der Waals surface area contributed by atoms with Gasteiger partial charge < -0.3 is 25.0 Å². The zero-order valence-electron chi connectivity index (χ0n) is 15.0. The van der Waals surface area contributed by atoms with Gasteiger partial charge in [0.25, 0.3) is 0 Å². The monoisotopic (exact) mass is 462 g/mol. The number of methoxy groups -OCH3 is 2. The number of carbonyl (C=O) groups is 1. The molecule has 0 unspecified atom stereocenters. The van der Waals surface area contributed by atoms with E-state index in [1.54, 1.807) is 14.2 Å². The maximum Gasteiger partial charge on any atom is 0.244 e. The summed E-state index contributed by atoms with van der Waals surface area (Å²) in [6.07, 6.45) is 2.17. The van der Waals surface area contributed by atoms with Crippen molar-refractivity contribution in [3.63, 3.8) is 0 Å². The number of carbonyl (C=O) groups excluding carboxylic acids is 1. The minimum atomic E-state index is 0. The molecule has 1 saturated heterocycles. The molecule has 0 aromatic heterocycles. The van der Waals surface area contributed by atoms with Gasteiger partial charge in [-0.05, 0) is 31.9 Å². The van der Waals surface area contributed by atoms with E-state index in [1.165, 1.54) is 0 Å². The number of hydrogen-bond donors (Lipinski definition) is 2. The second kappa shape index (κ2) is 11.0. The Morgan fingerprint density at radius 1 is 1.20 bits per heavy atom. The van der Waals surface area contributed by atoms with E-state index in [0.29, 0.717) is 24.0 Å². The van der Waals surface area contributed by atoms with Crippen LogP contribution in [0.25, 0.3) is 0 Å². The van der Waals surface area contributed by atoms with Crippen molar-refractivity contribution in [3.05, 3.63) is 18.2 Å². The van der Waals surface area contributed by atoms with E-state index < -0.39 is 0 Å². The summed E-state index contributed by atoms with van der Waals surface area (Å²) in [5.74, 6) is 1.93. The van der Waals surface area contributed by atoms with Crippen LogP contribution in [0.4, 0.5) is 5.69 Å². The average Bonchev–Trinajstić information content (AvgIpc) is 3.14. The van der Waals surface area contributed by atoms with E-state index in [-0.39, 0.29) is 36.4 Å². The van der Waals surface area contributed by atoms with Gasteiger partial charge in [-0.15, -0.1) is 24.0 Å². The number of rotatable bonds is 6. The van der Waals surface area contributed by atoms with E-state index in [1.807, 2.05) is 30.0 Å². The van der Waals surface area contributed by atoms with Gasteiger partial charge >= 0.3 is 0 Å². The molecule has 25 heavy (non-hydrogen) atoms. The van der Waals surface area contributed by atoms with Gasteiger partial charge in [0.2, 0.25) is 5.91 Å². The highest BCUT2D eigenvalue weighted by Gasteiger charge is 2.17. The normalized spacial score (nSPS) is 13.9. The first-order valence-corrected chi connectivity index (χ1v) is 8.23. The quantitative estimate of drug-likeness (QED) is 0.386. The van der Waals surface area contributed by atoms with Gasteiger partial charge in [-0.1, -0.05) is 0 Å². The van der Waals surface area contributed by atoms with Crippen molar-refractivity contribution in [2.75, 3.05) is 45.7 Å². The minimum absolute atomic E-state index is 0. The number of ether oxygens (including phenoxy) is 2. The van der Waals surface area contributed by atoms with Crippen LogP contribution in [-0.4, -0.2) is 57.2 Å². The van der Waals surface area contributed by atoms with Gasteiger partial charge in [0.1, 0.15) is 6.54 Å². The summed E-state index contributed by atoms with van der Waals surface area (Å²) in [5, 5.41) is 6.32. The molecule has 1 amide bonds. The molecule has 0 atom stereocenters. The number of benzene rings is 1. The Hall–Kier alpha value is -1.71. The number of anilines is 1. The van der Waals surface area contributed by atoms with E-state index in [0.717, 1.165) is 31.6 Å². The van der Waals surface area contributed by atoms with Gasteiger partial charge in [-0.2, -0.15) is 0 Å². The fraction of sp³-hybridized carbons (Fsp3) is 0.529. The third kappa shape index (κ3) is 6.26. The molecule has 1 aromatic carbocycles. The van der Waals surface area contributed by atoms with Gasteiger partial charge in [0.15, 0.2) is 17.5 Å². The summed E-state index contributed by atoms with van der Waals surface area (Å²) in [6.45, 7) is 4.51. The molecule has 8 heteroatoms. The molecule has 0 spiro atoms. The molecule has 2 rings (SSSR count). The summed E-state index contributed by atoms with van der Waals surface area (Å²) in [4.78, 5) is 18.4. The number of nitrogens with zero attached hydrogens (tertiary/aromatic N) is 2. The number of guanidine groups is 1. The summed E-state index contributed by atoms with van der Waals surface area (Å²) in [7, 11) is 3.19. The average molecular weight is 462 g/mol. The predicted molar refractivity (Wildman–Crippen MR) is 110 cm³/mol. The van der Waals surface area contributed by atoms with Crippen LogP contribution in [0.1, 0.15) is 19.8 Å². The van der Waals surface area contributed by atoms with Crippen molar-refractivity contribution >= 4 is 41.5 Å². The Morgan fingerprint density at radius 2 is 1.88 bits per heavy atom. The largest absolute Gasteiger partial charge is 0.493 e. The van der Waals surface area contributed by atoms with Crippen LogP contribution in [0.3, 0.4) is 0 Å². The lowest BCUT2D eigenvalue weighted by molar-refractivity contribution is -0.128. The number of aliphatic imine (C=N–C) groups is 1. The fourth-order valence-electron chi connectivity index (χ4n) is 2.57. The van der Waals surface area contributed by atoms with Crippen LogP contribution in [0.5, 0.6) is 11.5 Å². The predicted octanol–water partition coefficient (Wildman–Crippen LogP) is 2.32. The lowest BCUT2D eigenvalue weighted by atomic mass is 10.3. The van der Waals surface area contributed by atoms with Gasteiger partial charge in [0.05, 0.1) is 14.2 Å². The minimum Gasteiger partial charge on any atom is -0.493 e. The first-order chi connectivity index (χ1) is 11.7. The molecule has 0 radical (unpaired) electrons. The zero-order chi connectivity index (χ0) is 17.4. The number of nitrogens with one attached hydrogen (secondary N) is 2. The lowest BCUT2D eigenvalue weighted by Gasteiger charge is -2.16. The SMILES string of the molecule is CCNC(=NCC(=O)N1CCCC1)Nc1ccc(OC)c(OC)c1.I. The standard InChI is InChI=1S/C17H26N4O3.HI/c1-4-18-17(19-12-16(22)21-9-5-6-10-21)20-13-7-8-14(23-2)15(11-13)24-3;/h7-8,11H,4-6,9-10,12H2,1-3H3,(H2,18,19,20);1H. The molecule has 1 aliphatic heterocycles. The maximum atomic E-state index is 12.1. The third-order valence-corrected chi connectivity index (χ3v) is 3.82. The van der Waals surface area contributed by atoms with Crippen LogP contribution in [0, 0.1) is 0 Å². The Bertz CT molecular complexity index is 589. The van der Waals surface area contributed by atoms with Crippen LogP contribution in [0.15, 0.2) is 23.2 Å². The first-order valence-electron chi connectivity index (χ1n) is 8.23. The highest BCUT2D eigenvalue weighted by Crippen LogP contribution is 2.29. The van der Waals surface area contributed by atoms with Crippen molar-refractivity contribution in [2.24, 2.45) is 4.99 Å². The Morgan fingerprint density at radius 3 is 2.48 bits per heavy atom. The summed E-state index contributed by atoms with van der Waals surface area (Å²) < 4.78 is 10.5. The summed E-state index contributed by atoms with van der Waals surface area (Å²) in [5.41, 5.74) is 0.806. The van der Waals surface area contributed by atoms with Crippen LogP contribution < -0.4 is 20.1 Å². The zero-order valence-corrected chi connectivity index (χ0v) is 17.3. The Balaban J connectivity index is 0.00000312. The Kier molecular flexibility index (Phi) is 9.40. The topological polar surface area (TPSA) is 75.2 Å². The van der Waals surface area contributed by atoms with Crippen LogP contribution in [0.2, 0.25) is 0 Å². The smallest absolute Gasteiger partial charge is 0.244 e. The van der Waals surface area contributed by atoms with E-state index in [4.69, 9.17) is 9.47 Å². The maximum absolute atomic E-state index is 12.1. The molecule has 1 heterocycles. The number of hydrogen-bond acceptors (Lipinski definition) is 4. The molecule has 2 N–H and O–H groups in total. The number of amides is 1. The molecule has 7 nitrogen and oxygen atoms in total. The second-order valence-corrected chi connectivity index (χ2v) is 5.48. The highest BCUT2D eigenvalue weighted by atomic mass is 127. The highest BCUT2D eigenvalue weighted by molar-refractivity contribution is 14.0. The molecule has 1 aliphatic rings. The molecule has 1 fully saturated rings. The van der Waals surface area contributed by atoms with Crippen molar-refractivity contribution in [3.8, 4) is 11.5 Å². The van der Waals surface area contributed by atoms with Crippen LogP contribution in [-0.2, 0) is 4.79 Å². The molecule has 0 saturated carbocycles. The number of likely N-dealkylation sites (tertiary alicyclic amines) is 1. The van der Waals surface area contributed by atoms with Crippen molar-refractivity contribution < 1.29 is 14.3 Å². The second-order valence-electron chi connectivity index (χ2n) is 5.48. The van der Waals surface area contributed by atoms with Crippen molar-refractivity contribution in [1.29, 1.82) is 0 Å². The molecule has 0 aliphatic carbocycles. The summed E-state index contributed by atoms with van der Waals surface area (Å²) >= 11 is 0. The van der Waals surface area contributed by atoms with Gasteiger partial charge in [0, 0.05) is 31.4 Å².